The van der Waals surface area contributed by atoms with E-state index in [1.807, 2.05) is 32.2 Å². The first-order valence-electron chi connectivity index (χ1n) is 4.28. The average molecular weight is 177 g/mol. The summed E-state index contributed by atoms with van der Waals surface area (Å²) in [6.07, 6.45) is 4.10. The standard InChI is InChI=1S/C10H15N3/c1-8-9(4-3-7-12-2)5-6-10(11)13-8/h3-6,12H,7H2,1-2H3,(H2,11,13). The zero-order valence-electron chi connectivity index (χ0n) is 8.04. The largest absolute Gasteiger partial charge is 0.384 e. The summed E-state index contributed by atoms with van der Waals surface area (Å²) in [5.74, 6) is 0.572. The molecule has 0 amide bonds. The molecule has 1 aromatic rings. The van der Waals surface area contributed by atoms with E-state index in [4.69, 9.17) is 5.73 Å². The van der Waals surface area contributed by atoms with Gasteiger partial charge in [0.2, 0.25) is 0 Å². The van der Waals surface area contributed by atoms with E-state index in [1.54, 1.807) is 0 Å². The van der Waals surface area contributed by atoms with E-state index in [2.05, 4.69) is 16.4 Å². The smallest absolute Gasteiger partial charge is 0.123 e. The SMILES string of the molecule is CNCC=Cc1ccc(N)nc1C. The minimum atomic E-state index is 0.572. The van der Waals surface area contributed by atoms with Gasteiger partial charge in [-0.1, -0.05) is 12.2 Å². The van der Waals surface area contributed by atoms with Crippen molar-refractivity contribution in [3.8, 4) is 0 Å². The summed E-state index contributed by atoms with van der Waals surface area (Å²) >= 11 is 0. The number of aromatic nitrogens is 1. The Bertz CT molecular complexity index is 305. The van der Waals surface area contributed by atoms with Gasteiger partial charge in [0.15, 0.2) is 0 Å². The van der Waals surface area contributed by atoms with Crippen LogP contribution in [-0.2, 0) is 0 Å². The fourth-order valence-electron chi connectivity index (χ4n) is 1.07. The number of nitrogen functional groups attached to an aromatic ring is 1. The molecule has 1 aromatic heterocycles. The van der Waals surface area contributed by atoms with Crippen molar-refractivity contribution in [2.45, 2.75) is 6.92 Å². The van der Waals surface area contributed by atoms with Crippen LogP contribution in [0, 0.1) is 6.92 Å². The Labute approximate surface area is 78.7 Å². The van der Waals surface area contributed by atoms with Gasteiger partial charge in [-0.3, -0.25) is 0 Å². The summed E-state index contributed by atoms with van der Waals surface area (Å²) in [5.41, 5.74) is 7.62. The molecule has 1 heterocycles. The molecule has 0 fully saturated rings. The highest BCUT2D eigenvalue weighted by Crippen LogP contribution is 2.09. The van der Waals surface area contributed by atoms with Crippen LogP contribution in [0.4, 0.5) is 5.82 Å². The molecule has 0 atom stereocenters. The van der Waals surface area contributed by atoms with Crippen molar-refractivity contribution in [3.63, 3.8) is 0 Å². The highest BCUT2D eigenvalue weighted by molar-refractivity contribution is 5.53. The van der Waals surface area contributed by atoms with Crippen LogP contribution in [0.3, 0.4) is 0 Å². The van der Waals surface area contributed by atoms with Gasteiger partial charge in [0, 0.05) is 12.2 Å². The molecule has 1 rings (SSSR count). The third-order valence-corrected chi connectivity index (χ3v) is 1.77. The summed E-state index contributed by atoms with van der Waals surface area (Å²) in [5, 5.41) is 3.04. The van der Waals surface area contributed by atoms with Crippen molar-refractivity contribution in [1.29, 1.82) is 0 Å². The van der Waals surface area contributed by atoms with Gasteiger partial charge in [0.25, 0.3) is 0 Å². The summed E-state index contributed by atoms with van der Waals surface area (Å²) in [6, 6.07) is 3.79. The van der Waals surface area contributed by atoms with Gasteiger partial charge in [0.1, 0.15) is 5.82 Å². The van der Waals surface area contributed by atoms with Crippen molar-refractivity contribution >= 4 is 11.9 Å². The summed E-state index contributed by atoms with van der Waals surface area (Å²) in [6.45, 7) is 2.82. The van der Waals surface area contributed by atoms with E-state index < -0.39 is 0 Å². The Hall–Kier alpha value is -1.35. The molecule has 0 radical (unpaired) electrons. The second kappa shape index (κ2) is 4.62. The number of nitrogens with two attached hydrogens (primary N) is 1. The molecule has 70 valence electrons. The Morgan fingerprint density at radius 3 is 2.92 bits per heavy atom. The molecule has 0 aromatic carbocycles. The Morgan fingerprint density at radius 2 is 2.31 bits per heavy atom. The average Bonchev–Trinajstić information content (AvgIpc) is 2.09. The van der Waals surface area contributed by atoms with Gasteiger partial charge in [-0.2, -0.15) is 0 Å². The number of nitrogens with zero attached hydrogens (tertiary/aromatic N) is 1. The maximum Gasteiger partial charge on any atom is 0.123 e. The summed E-state index contributed by atoms with van der Waals surface area (Å²) < 4.78 is 0. The van der Waals surface area contributed by atoms with E-state index in [1.165, 1.54) is 0 Å². The second-order valence-electron chi connectivity index (χ2n) is 2.87. The number of anilines is 1. The molecule has 0 aliphatic rings. The van der Waals surface area contributed by atoms with Gasteiger partial charge >= 0.3 is 0 Å². The molecular formula is C10H15N3. The zero-order valence-corrected chi connectivity index (χ0v) is 8.04. The Morgan fingerprint density at radius 1 is 1.54 bits per heavy atom. The normalized spacial score (nSPS) is 10.9. The number of hydrogen-bond acceptors (Lipinski definition) is 3. The molecule has 0 saturated carbocycles. The van der Waals surface area contributed by atoms with Crippen LogP contribution in [-0.4, -0.2) is 18.6 Å². The molecule has 0 unspecified atom stereocenters. The van der Waals surface area contributed by atoms with Gasteiger partial charge in [-0.15, -0.1) is 0 Å². The first-order valence-corrected chi connectivity index (χ1v) is 4.28. The fraction of sp³-hybridized carbons (Fsp3) is 0.300. The molecule has 3 heteroatoms. The van der Waals surface area contributed by atoms with Crippen molar-refractivity contribution in [2.75, 3.05) is 19.3 Å². The molecule has 3 nitrogen and oxygen atoms in total. The lowest BCUT2D eigenvalue weighted by atomic mass is 10.2. The minimum absolute atomic E-state index is 0.572. The highest BCUT2D eigenvalue weighted by Gasteiger charge is 1.94. The van der Waals surface area contributed by atoms with Crippen molar-refractivity contribution < 1.29 is 0 Å². The number of likely N-dealkylation sites (N-methyl/N-ethyl adjacent to an activating group) is 1. The predicted octanol–water partition coefficient (Wildman–Crippen LogP) is 1.20. The number of hydrogen-bond donors (Lipinski definition) is 2. The number of pyridine rings is 1. The summed E-state index contributed by atoms with van der Waals surface area (Å²) in [4.78, 5) is 4.16. The fourth-order valence-corrected chi connectivity index (χ4v) is 1.07. The molecule has 0 aliphatic heterocycles. The third-order valence-electron chi connectivity index (χ3n) is 1.77. The lowest BCUT2D eigenvalue weighted by molar-refractivity contribution is 0.922. The molecule has 0 saturated heterocycles. The molecular weight excluding hydrogens is 162 g/mol. The molecule has 0 bridgehead atoms. The van der Waals surface area contributed by atoms with Gasteiger partial charge < -0.3 is 11.1 Å². The van der Waals surface area contributed by atoms with E-state index in [0.29, 0.717) is 5.82 Å². The van der Waals surface area contributed by atoms with Gasteiger partial charge in [0.05, 0.1) is 0 Å². The Balaban J connectivity index is 2.77. The van der Waals surface area contributed by atoms with Crippen LogP contribution in [0.2, 0.25) is 0 Å². The lowest BCUT2D eigenvalue weighted by Crippen LogP contribution is -2.03. The molecule has 0 spiro atoms. The maximum atomic E-state index is 5.53. The van der Waals surface area contributed by atoms with E-state index >= 15 is 0 Å². The predicted molar refractivity (Wildman–Crippen MR) is 56.3 cm³/mol. The van der Waals surface area contributed by atoms with Crippen LogP contribution in [0.15, 0.2) is 18.2 Å². The lowest BCUT2D eigenvalue weighted by Gasteiger charge is -2.00. The van der Waals surface area contributed by atoms with Crippen LogP contribution >= 0.6 is 0 Å². The molecule has 3 N–H and O–H groups in total. The number of nitrogens with one attached hydrogen (secondary N) is 1. The molecule has 13 heavy (non-hydrogen) atoms. The van der Waals surface area contributed by atoms with Crippen molar-refractivity contribution in [2.24, 2.45) is 0 Å². The number of rotatable bonds is 3. The van der Waals surface area contributed by atoms with Crippen LogP contribution < -0.4 is 11.1 Å². The third kappa shape index (κ3) is 2.87. The van der Waals surface area contributed by atoms with Crippen molar-refractivity contribution in [1.82, 2.24) is 10.3 Å². The monoisotopic (exact) mass is 177 g/mol. The molecule has 0 aliphatic carbocycles. The number of aryl methyl sites for hydroxylation is 1. The Kier molecular flexibility index (Phi) is 3.46. The van der Waals surface area contributed by atoms with Gasteiger partial charge in [-0.25, -0.2) is 4.98 Å². The van der Waals surface area contributed by atoms with Crippen LogP contribution in [0.25, 0.3) is 6.08 Å². The topological polar surface area (TPSA) is 50.9 Å². The maximum absolute atomic E-state index is 5.53. The van der Waals surface area contributed by atoms with E-state index in [-0.39, 0.29) is 0 Å². The highest BCUT2D eigenvalue weighted by atomic mass is 14.8. The first kappa shape index (κ1) is 9.74. The van der Waals surface area contributed by atoms with Crippen molar-refractivity contribution in [3.05, 3.63) is 29.5 Å². The zero-order chi connectivity index (χ0) is 9.68. The quantitative estimate of drug-likeness (QED) is 0.729. The van der Waals surface area contributed by atoms with E-state index in [0.717, 1.165) is 17.8 Å². The minimum Gasteiger partial charge on any atom is -0.384 e. The van der Waals surface area contributed by atoms with Gasteiger partial charge in [-0.05, 0) is 31.7 Å². The first-order chi connectivity index (χ1) is 6.24. The summed E-state index contributed by atoms with van der Waals surface area (Å²) in [7, 11) is 1.92. The van der Waals surface area contributed by atoms with E-state index in [9.17, 15) is 0 Å². The second-order valence-corrected chi connectivity index (χ2v) is 2.87. The van der Waals surface area contributed by atoms with Crippen LogP contribution in [0.5, 0.6) is 0 Å². The van der Waals surface area contributed by atoms with Crippen LogP contribution in [0.1, 0.15) is 11.3 Å².